The fourth-order valence-electron chi connectivity index (χ4n) is 3.41. The van der Waals surface area contributed by atoms with Gasteiger partial charge in [-0.25, -0.2) is 13.1 Å². The molecule has 1 aromatic heterocycles. The number of rotatable bonds is 6. The van der Waals surface area contributed by atoms with Gasteiger partial charge in [-0.05, 0) is 44.2 Å². The second-order valence-electron chi connectivity index (χ2n) is 6.39. The quantitative estimate of drug-likeness (QED) is 0.872. The number of hydrogen-bond acceptors (Lipinski definition) is 4. The first kappa shape index (κ1) is 17.2. The maximum absolute atomic E-state index is 12.6. The van der Waals surface area contributed by atoms with Crippen LogP contribution in [0.4, 0.5) is 0 Å². The summed E-state index contributed by atoms with van der Waals surface area (Å²) in [6.45, 7) is 0.682. The minimum Gasteiger partial charge on any atom is -0.468 e. The van der Waals surface area contributed by atoms with Crippen molar-refractivity contribution in [3.05, 3.63) is 54.5 Å². The summed E-state index contributed by atoms with van der Waals surface area (Å²) in [5.41, 5.74) is 0. The normalized spacial score (nSPS) is 21.9. The van der Waals surface area contributed by atoms with Gasteiger partial charge in [0.05, 0.1) is 17.7 Å². The molecule has 1 saturated carbocycles. The van der Waals surface area contributed by atoms with Crippen LogP contribution in [0.1, 0.15) is 31.4 Å². The third-order valence-electron chi connectivity index (χ3n) is 4.64. The lowest BCUT2D eigenvalue weighted by atomic mass is 9.90. The third kappa shape index (κ3) is 4.06. The summed E-state index contributed by atoms with van der Waals surface area (Å²) in [6.07, 6.45) is 5.68. The van der Waals surface area contributed by atoms with Crippen LogP contribution in [-0.2, 0) is 16.6 Å². The number of nitrogens with zero attached hydrogens (tertiary/aromatic N) is 1. The average Bonchev–Trinajstić information content (AvgIpc) is 3.09. The van der Waals surface area contributed by atoms with Crippen molar-refractivity contribution in [2.24, 2.45) is 0 Å². The molecule has 1 aliphatic carbocycles. The summed E-state index contributed by atoms with van der Waals surface area (Å²) in [4.78, 5) is 2.51. The van der Waals surface area contributed by atoms with Gasteiger partial charge in [0, 0.05) is 12.1 Å². The second-order valence-corrected chi connectivity index (χ2v) is 8.10. The molecule has 0 radical (unpaired) electrons. The van der Waals surface area contributed by atoms with Gasteiger partial charge in [0.15, 0.2) is 0 Å². The van der Waals surface area contributed by atoms with Gasteiger partial charge in [0.2, 0.25) is 10.0 Å². The van der Waals surface area contributed by atoms with Crippen LogP contribution in [0.25, 0.3) is 0 Å². The summed E-state index contributed by atoms with van der Waals surface area (Å²) in [5.74, 6) is 0.896. The van der Waals surface area contributed by atoms with E-state index in [0.717, 1.165) is 31.4 Å². The fraction of sp³-hybridized carbons (Fsp3) is 0.444. The molecule has 1 N–H and O–H groups in total. The lowest BCUT2D eigenvalue weighted by Gasteiger charge is -2.37. The summed E-state index contributed by atoms with van der Waals surface area (Å²) in [7, 11) is -1.46. The Hall–Kier alpha value is -1.63. The summed E-state index contributed by atoms with van der Waals surface area (Å²) >= 11 is 0. The molecule has 0 unspecified atom stereocenters. The van der Waals surface area contributed by atoms with E-state index in [1.807, 2.05) is 25.2 Å². The topological polar surface area (TPSA) is 62.6 Å². The molecule has 1 fully saturated rings. The smallest absolute Gasteiger partial charge is 0.240 e. The maximum atomic E-state index is 12.6. The molecule has 1 aliphatic rings. The molecule has 0 spiro atoms. The number of sulfonamides is 1. The van der Waals surface area contributed by atoms with Gasteiger partial charge in [0.25, 0.3) is 0 Å². The molecule has 0 amide bonds. The molecule has 6 heteroatoms. The molecule has 3 rings (SSSR count). The van der Waals surface area contributed by atoms with Gasteiger partial charge in [-0.2, -0.15) is 0 Å². The third-order valence-corrected chi connectivity index (χ3v) is 6.15. The second kappa shape index (κ2) is 7.51. The van der Waals surface area contributed by atoms with E-state index >= 15 is 0 Å². The number of benzene rings is 1. The number of nitrogens with one attached hydrogen (secondary N) is 1. The largest absolute Gasteiger partial charge is 0.468 e. The lowest BCUT2D eigenvalue weighted by Crippen LogP contribution is -2.51. The minimum atomic E-state index is -3.49. The zero-order chi connectivity index (χ0) is 17.0. The van der Waals surface area contributed by atoms with Crippen molar-refractivity contribution in [1.29, 1.82) is 0 Å². The van der Waals surface area contributed by atoms with E-state index in [1.165, 1.54) is 0 Å². The Labute approximate surface area is 143 Å². The molecule has 2 atom stereocenters. The van der Waals surface area contributed by atoms with Gasteiger partial charge in [-0.3, -0.25) is 4.90 Å². The van der Waals surface area contributed by atoms with Crippen molar-refractivity contribution >= 4 is 10.0 Å². The van der Waals surface area contributed by atoms with E-state index in [9.17, 15) is 8.42 Å². The zero-order valence-electron chi connectivity index (χ0n) is 13.9. The SMILES string of the molecule is CN(Cc1ccco1)[C@H]1CCCC[C@@H]1NS(=O)(=O)c1ccccc1. The summed E-state index contributed by atoms with van der Waals surface area (Å²) in [5, 5.41) is 0. The van der Waals surface area contributed by atoms with Crippen molar-refractivity contribution in [2.45, 2.75) is 49.2 Å². The molecule has 130 valence electrons. The monoisotopic (exact) mass is 348 g/mol. The molecule has 1 aromatic carbocycles. The molecule has 5 nitrogen and oxygen atoms in total. The van der Waals surface area contributed by atoms with E-state index in [4.69, 9.17) is 4.42 Å². The van der Waals surface area contributed by atoms with Crippen LogP contribution in [-0.4, -0.2) is 32.4 Å². The van der Waals surface area contributed by atoms with Crippen molar-refractivity contribution in [1.82, 2.24) is 9.62 Å². The van der Waals surface area contributed by atoms with Gasteiger partial charge >= 0.3 is 0 Å². The Kier molecular flexibility index (Phi) is 5.38. The van der Waals surface area contributed by atoms with E-state index in [2.05, 4.69) is 9.62 Å². The summed E-state index contributed by atoms with van der Waals surface area (Å²) in [6, 6.07) is 12.5. The highest BCUT2D eigenvalue weighted by Gasteiger charge is 2.32. The molecule has 0 saturated heterocycles. The van der Waals surface area contributed by atoms with Crippen LogP contribution in [0.15, 0.2) is 58.0 Å². The zero-order valence-corrected chi connectivity index (χ0v) is 14.7. The molecule has 0 aliphatic heterocycles. The first-order valence-corrected chi connectivity index (χ1v) is 9.84. The Morgan fingerprint density at radius 2 is 1.88 bits per heavy atom. The molecule has 0 bridgehead atoms. The molecular weight excluding hydrogens is 324 g/mol. The van der Waals surface area contributed by atoms with Crippen molar-refractivity contribution in [3.63, 3.8) is 0 Å². The van der Waals surface area contributed by atoms with Gasteiger partial charge < -0.3 is 4.42 Å². The summed E-state index contributed by atoms with van der Waals surface area (Å²) < 4.78 is 33.6. The number of hydrogen-bond donors (Lipinski definition) is 1. The fourth-order valence-corrected chi connectivity index (χ4v) is 4.73. The highest BCUT2D eigenvalue weighted by molar-refractivity contribution is 7.89. The predicted molar refractivity (Wildman–Crippen MR) is 93.0 cm³/mol. The Morgan fingerprint density at radius 1 is 1.12 bits per heavy atom. The highest BCUT2D eigenvalue weighted by Crippen LogP contribution is 2.25. The average molecular weight is 348 g/mol. The van der Waals surface area contributed by atoms with E-state index in [1.54, 1.807) is 30.5 Å². The molecule has 1 heterocycles. The number of likely N-dealkylation sites (N-methyl/N-ethyl adjacent to an activating group) is 1. The first-order valence-electron chi connectivity index (χ1n) is 8.36. The lowest BCUT2D eigenvalue weighted by molar-refractivity contribution is 0.145. The van der Waals surface area contributed by atoms with E-state index in [0.29, 0.717) is 11.4 Å². The van der Waals surface area contributed by atoms with Crippen LogP contribution in [0.2, 0.25) is 0 Å². The Morgan fingerprint density at radius 3 is 2.58 bits per heavy atom. The van der Waals surface area contributed by atoms with Crippen LogP contribution in [0, 0.1) is 0 Å². The van der Waals surface area contributed by atoms with Crippen molar-refractivity contribution in [2.75, 3.05) is 7.05 Å². The van der Waals surface area contributed by atoms with Crippen LogP contribution < -0.4 is 4.72 Å². The van der Waals surface area contributed by atoms with E-state index < -0.39 is 10.0 Å². The minimum absolute atomic E-state index is 0.0797. The standard InChI is InChI=1S/C18H24N2O3S/c1-20(14-15-8-7-13-23-15)18-12-6-5-11-17(18)19-24(21,22)16-9-3-2-4-10-16/h2-4,7-10,13,17-19H,5-6,11-12,14H2,1H3/t17-,18-/m0/s1. The van der Waals surface area contributed by atoms with E-state index in [-0.39, 0.29) is 12.1 Å². The van der Waals surface area contributed by atoms with Crippen molar-refractivity contribution in [3.8, 4) is 0 Å². The van der Waals surface area contributed by atoms with Crippen molar-refractivity contribution < 1.29 is 12.8 Å². The predicted octanol–water partition coefficient (Wildman–Crippen LogP) is 3.00. The van der Waals surface area contributed by atoms with Crippen LogP contribution in [0.3, 0.4) is 0 Å². The van der Waals surface area contributed by atoms with Crippen LogP contribution >= 0.6 is 0 Å². The van der Waals surface area contributed by atoms with Gasteiger partial charge in [0.1, 0.15) is 5.76 Å². The molecule has 24 heavy (non-hydrogen) atoms. The van der Waals surface area contributed by atoms with Gasteiger partial charge in [-0.1, -0.05) is 31.0 Å². The molecule has 2 aromatic rings. The number of furan rings is 1. The molecular formula is C18H24N2O3S. The Balaban J connectivity index is 1.72. The maximum Gasteiger partial charge on any atom is 0.240 e. The Bertz CT molecular complexity index is 729. The first-order chi connectivity index (χ1) is 11.6. The highest BCUT2D eigenvalue weighted by atomic mass is 32.2. The van der Waals surface area contributed by atoms with Crippen LogP contribution in [0.5, 0.6) is 0 Å². The van der Waals surface area contributed by atoms with Gasteiger partial charge in [-0.15, -0.1) is 0 Å².